The molecule has 5 heteroatoms. The molecule has 0 aliphatic heterocycles. The summed E-state index contributed by atoms with van der Waals surface area (Å²) in [6.45, 7) is 8.67. The Hall–Kier alpha value is -0.290. The normalized spacial score (nSPS) is 19.3. The summed E-state index contributed by atoms with van der Waals surface area (Å²) in [6, 6.07) is 0.223. The van der Waals surface area contributed by atoms with Gasteiger partial charge in [0.05, 0.1) is 6.54 Å². The Morgan fingerprint density at radius 2 is 1.78 bits per heavy atom. The summed E-state index contributed by atoms with van der Waals surface area (Å²) in [4.78, 5) is 1.60. The van der Waals surface area contributed by atoms with Gasteiger partial charge < -0.3 is 5.32 Å². The molecule has 1 N–H and O–H groups in total. The first-order chi connectivity index (χ1) is 8.13. The number of halogens is 3. The first kappa shape index (κ1) is 15.8. The molecular weight excluding hydrogens is 241 g/mol. The van der Waals surface area contributed by atoms with E-state index in [0.29, 0.717) is 6.54 Å². The lowest BCUT2D eigenvalue weighted by atomic mass is 9.86. The highest BCUT2D eigenvalue weighted by atomic mass is 19.4. The van der Waals surface area contributed by atoms with Gasteiger partial charge in [-0.1, -0.05) is 27.7 Å². The minimum atomic E-state index is -4.10. The van der Waals surface area contributed by atoms with Crippen molar-refractivity contribution in [3.05, 3.63) is 0 Å². The first-order valence-electron chi connectivity index (χ1n) is 6.67. The van der Waals surface area contributed by atoms with E-state index in [1.165, 1.54) is 0 Å². The highest BCUT2D eigenvalue weighted by Crippen LogP contribution is 2.32. The molecule has 0 aromatic rings. The van der Waals surface area contributed by atoms with E-state index >= 15 is 0 Å². The van der Waals surface area contributed by atoms with E-state index < -0.39 is 12.7 Å². The van der Waals surface area contributed by atoms with Gasteiger partial charge in [0, 0.05) is 18.6 Å². The smallest absolute Gasteiger partial charge is 0.312 e. The Kier molecular flexibility index (Phi) is 5.06. The van der Waals surface area contributed by atoms with E-state index in [9.17, 15) is 13.2 Å². The van der Waals surface area contributed by atoms with Gasteiger partial charge in [-0.15, -0.1) is 0 Å². The minimum Gasteiger partial charge on any atom is -0.312 e. The number of hydrogen-bond acceptors (Lipinski definition) is 2. The van der Waals surface area contributed by atoms with E-state index in [-0.39, 0.29) is 17.5 Å². The molecule has 0 spiro atoms. The highest BCUT2D eigenvalue weighted by Gasteiger charge is 2.40. The number of nitrogens with one attached hydrogen (secondary N) is 1. The molecule has 1 rings (SSSR count). The Balaban J connectivity index is 2.62. The van der Waals surface area contributed by atoms with Gasteiger partial charge in [-0.3, -0.25) is 4.90 Å². The second-order valence-corrected chi connectivity index (χ2v) is 6.25. The fourth-order valence-electron chi connectivity index (χ4n) is 2.14. The monoisotopic (exact) mass is 266 g/mol. The lowest BCUT2D eigenvalue weighted by Crippen LogP contribution is -2.51. The van der Waals surface area contributed by atoms with Crippen molar-refractivity contribution in [3.8, 4) is 0 Å². The van der Waals surface area contributed by atoms with Crippen LogP contribution in [0.25, 0.3) is 0 Å². The molecule has 0 heterocycles. The summed E-state index contributed by atoms with van der Waals surface area (Å²) in [6.07, 6.45) is -2.30. The molecule has 0 aromatic carbocycles. The van der Waals surface area contributed by atoms with Crippen LogP contribution in [0.4, 0.5) is 13.2 Å². The molecular formula is C13H25F3N2. The molecule has 1 saturated carbocycles. The Labute approximate surface area is 108 Å². The third-order valence-corrected chi connectivity index (χ3v) is 3.36. The molecule has 1 aliphatic rings. The Morgan fingerprint density at radius 3 is 2.11 bits per heavy atom. The third kappa shape index (κ3) is 5.57. The summed E-state index contributed by atoms with van der Waals surface area (Å²) in [5.74, 6) is 0. The number of alkyl halides is 3. The Bertz CT molecular complexity index is 254. The number of rotatable bonds is 6. The molecule has 0 amide bonds. The van der Waals surface area contributed by atoms with Crippen LogP contribution in [0.1, 0.15) is 40.5 Å². The standard InChI is InChI=1S/C13H25F3N2/c1-5-17-11(12(2,3)4)8-18(10-6-7-10)9-13(14,15)16/h10-11,17H,5-9H2,1-4H3. The maximum atomic E-state index is 12.6. The number of nitrogens with zero attached hydrogens (tertiary/aromatic N) is 1. The van der Waals surface area contributed by atoms with E-state index in [1.807, 2.05) is 6.92 Å². The van der Waals surface area contributed by atoms with Crippen molar-refractivity contribution >= 4 is 0 Å². The summed E-state index contributed by atoms with van der Waals surface area (Å²) < 4.78 is 37.7. The van der Waals surface area contributed by atoms with Crippen molar-refractivity contribution in [2.45, 2.75) is 58.8 Å². The molecule has 1 aliphatic carbocycles. The van der Waals surface area contributed by atoms with Crippen molar-refractivity contribution < 1.29 is 13.2 Å². The second-order valence-electron chi connectivity index (χ2n) is 6.25. The predicted molar refractivity (Wildman–Crippen MR) is 67.6 cm³/mol. The molecule has 2 nitrogen and oxygen atoms in total. The van der Waals surface area contributed by atoms with Crippen molar-refractivity contribution in [1.82, 2.24) is 10.2 Å². The zero-order chi connectivity index (χ0) is 14.0. The molecule has 0 saturated heterocycles. The van der Waals surface area contributed by atoms with E-state index in [0.717, 1.165) is 19.4 Å². The number of hydrogen-bond donors (Lipinski definition) is 1. The zero-order valence-electron chi connectivity index (χ0n) is 11.8. The van der Waals surface area contributed by atoms with Gasteiger partial charge in [-0.2, -0.15) is 13.2 Å². The van der Waals surface area contributed by atoms with Crippen LogP contribution in [0, 0.1) is 5.41 Å². The lowest BCUT2D eigenvalue weighted by Gasteiger charge is -2.36. The second kappa shape index (κ2) is 5.78. The molecule has 18 heavy (non-hydrogen) atoms. The molecule has 0 aromatic heterocycles. The van der Waals surface area contributed by atoms with Crippen LogP contribution in [0.5, 0.6) is 0 Å². The molecule has 1 fully saturated rings. The fraction of sp³-hybridized carbons (Fsp3) is 1.00. The van der Waals surface area contributed by atoms with Crippen molar-refractivity contribution in [1.29, 1.82) is 0 Å². The maximum absolute atomic E-state index is 12.6. The van der Waals surface area contributed by atoms with Crippen LogP contribution in [-0.4, -0.2) is 42.8 Å². The van der Waals surface area contributed by atoms with Gasteiger partial charge in [0.15, 0.2) is 0 Å². The van der Waals surface area contributed by atoms with Crippen molar-refractivity contribution in [2.24, 2.45) is 5.41 Å². The summed E-state index contributed by atoms with van der Waals surface area (Å²) >= 11 is 0. The summed E-state index contributed by atoms with van der Waals surface area (Å²) in [7, 11) is 0. The van der Waals surface area contributed by atoms with Gasteiger partial charge in [-0.25, -0.2) is 0 Å². The molecule has 0 bridgehead atoms. The molecule has 1 unspecified atom stereocenters. The average Bonchev–Trinajstić information content (AvgIpc) is 2.94. The largest absolute Gasteiger partial charge is 0.401 e. The SMILES string of the molecule is CCNC(CN(CC(F)(F)F)C1CC1)C(C)(C)C. The van der Waals surface area contributed by atoms with Crippen LogP contribution in [0.2, 0.25) is 0 Å². The van der Waals surface area contributed by atoms with Gasteiger partial charge in [0.25, 0.3) is 0 Å². The van der Waals surface area contributed by atoms with Gasteiger partial charge in [0.1, 0.15) is 0 Å². The van der Waals surface area contributed by atoms with Gasteiger partial charge in [0.2, 0.25) is 0 Å². The highest BCUT2D eigenvalue weighted by molar-refractivity contribution is 4.91. The Morgan fingerprint density at radius 1 is 1.22 bits per heavy atom. The van der Waals surface area contributed by atoms with Crippen LogP contribution >= 0.6 is 0 Å². The molecule has 1 atom stereocenters. The number of likely N-dealkylation sites (N-methyl/N-ethyl adjacent to an activating group) is 1. The minimum absolute atomic E-state index is 0.0330. The first-order valence-corrected chi connectivity index (χ1v) is 6.67. The molecule has 108 valence electrons. The maximum Gasteiger partial charge on any atom is 0.401 e. The lowest BCUT2D eigenvalue weighted by molar-refractivity contribution is -0.148. The average molecular weight is 266 g/mol. The summed E-state index contributed by atoms with van der Waals surface area (Å²) in [5, 5.41) is 3.31. The van der Waals surface area contributed by atoms with E-state index in [2.05, 4.69) is 26.1 Å². The topological polar surface area (TPSA) is 15.3 Å². The fourth-order valence-corrected chi connectivity index (χ4v) is 2.14. The molecule has 0 radical (unpaired) electrons. The van der Waals surface area contributed by atoms with Crippen molar-refractivity contribution in [2.75, 3.05) is 19.6 Å². The third-order valence-electron chi connectivity index (χ3n) is 3.36. The summed E-state index contributed by atoms with van der Waals surface area (Å²) in [5.41, 5.74) is -0.0330. The quantitative estimate of drug-likeness (QED) is 0.795. The zero-order valence-corrected chi connectivity index (χ0v) is 11.8. The van der Waals surface area contributed by atoms with E-state index in [1.54, 1.807) is 4.90 Å². The van der Waals surface area contributed by atoms with Crippen LogP contribution in [0.15, 0.2) is 0 Å². The van der Waals surface area contributed by atoms with Gasteiger partial charge in [-0.05, 0) is 24.8 Å². The predicted octanol–water partition coefficient (Wildman–Crippen LogP) is 3.04. The van der Waals surface area contributed by atoms with Crippen LogP contribution in [0.3, 0.4) is 0 Å². The van der Waals surface area contributed by atoms with E-state index in [4.69, 9.17) is 0 Å². The van der Waals surface area contributed by atoms with Gasteiger partial charge >= 0.3 is 6.18 Å². The van der Waals surface area contributed by atoms with Crippen molar-refractivity contribution in [3.63, 3.8) is 0 Å². The van der Waals surface area contributed by atoms with Crippen LogP contribution < -0.4 is 5.32 Å². The van der Waals surface area contributed by atoms with Crippen LogP contribution in [-0.2, 0) is 0 Å².